The van der Waals surface area contributed by atoms with E-state index in [2.05, 4.69) is 49.3 Å². The summed E-state index contributed by atoms with van der Waals surface area (Å²) in [5.74, 6) is 1.69. The van der Waals surface area contributed by atoms with Crippen molar-refractivity contribution in [2.75, 3.05) is 0 Å². The molecular formula is C30H27NO3. The van der Waals surface area contributed by atoms with E-state index in [1.54, 1.807) is 6.20 Å². The zero-order valence-corrected chi connectivity index (χ0v) is 19.7. The first-order chi connectivity index (χ1) is 16.5. The van der Waals surface area contributed by atoms with Crippen LogP contribution in [0.3, 0.4) is 0 Å². The van der Waals surface area contributed by atoms with Gasteiger partial charge in [0, 0.05) is 24.1 Å². The number of Topliss-reactive ketones (excluding diaryl/α,β-unsaturated/α-hetero) is 1. The van der Waals surface area contributed by atoms with Gasteiger partial charge in [0.25, 0.3) is 0 Å². The standard InChI is InChI=1S/C30H27NO3/c1-19-9-11-26(20(2)13-19)27(23-7-5-4-6-8-23)17-25(32)15-22-10-12-29-24(14-22)16-30(33-29)28-18-31-34-21(28)3/h4-14,16,18,27H,15,17H2,1-3H3. The van der Waals surface area contributed by atoms with Gasteiger partial charge in [-0.25, -0.2) is 0 Å². The molecule has 4 nitrogen and oxygen atoms in total. The van der Waals surface area contributed by atoms with E-state index >= 15 is 0 Å². The van der Waals surface area contributed by atoms with Crippen LogP contribution in [0.5, 0.6) is 0 Å². The second kappa shape index (κ2) is 9.14. The molecule has 0 fully saturated rings. The molecule has 0 N–H and O–H groups in total. The third-order valence-corrected chi connectivity index (χ3v) is 6.43. The van der Waals surface area contributed by atoms with Crippen LogP contribution in [0.2, 0.25) is 0 Å². The zero-order chi connectivity index (χ0) is 23.7. The van der Waals surface area contributed by atoms with Gasteiger partial charge in [-0.3, -0.25) is 4.79 Å². The van der Waals surface area contributed by atoms with Crippen LogP contribution in [-0.2, 0) is 11.2 Å². The Kier molecular flexibility index (Phi) is 5.89. The second-order valence-corrected chi connectivity index (χ2v) is 9.02. The summed E-state index contributed by atoms with van der Waals surface area (Å²) in [5, 5.41) is 4.80. The van der Waals surface area contributed by atoms with Crippen molar-refractivity contribution in [1.82, 2.24) is 5.16 Å². The van der Waals surface area contributed by atoms with Crippen molar-refractivity contribution < 1.29 is 13.7 Å². The summed E-state index contributed by atoms with van der Waals surface area (Å²) >= 11 is 0. The lowest BCUT2D eigenvalue weighted by molar-refractivity contribution is -0.118. The van der Waals surface area contributed by atoms with E-state index in [4.69, 9.17) is 8.94 Å². The van der Waals surface area contributed by atoms with Crippen molar-refractivity contribution in [3.05, 3.63) is 113 Å². The number of hydrogen-bond donors (Lipinski definition) is 0. The Morgan fingerprint density at radius 2 is 1.76 bits per heavy atom. The van der Waals surface area contributed by atoms with Crippen LogP contribution in [-0.4, -0.2) is 10.9 Å². The predicted molar refractivity (Wildman–Crippen MR) is 134 cm³/mol. The molecule has 34 heavy (non-hydrogen) atoms. The molecular weight excluding hydrogens is 422 g/mol. The summed E-state index contributed by atoms with van der Waals surface area (Å²) in [4.78, 5) is 13.3. The van der Waals surface area contributed by atoms with Crippen LogP contribution in [0.15, 0.2) is 87.9 Å². The van der Waals surface area contributed by atoms with Crippen molar-refractivity contribution in [1.29, 1.82) is 0 Å². The molecule has 3 aromatic carbocycles. The maximum Gasteiger partial charge on any atom is 0.144 e. The van der Waals surface area contributed by atoms with Gasteiger partial charge in [-0.15, -0.1) is 0 Å². The normalized spacial score (nSPS) is 12.2. The minimum Gasteiger partial charge on any atom is -0.456 e. The minimum absolute atomic E-state index is 0.0372. The average Bonchev–Trinajstić information content (AvgIpc) is 3.44. The Morgan fingerprint density at radius 3 is 2.50 bits per heavy atom. The fourth-order valence-electron chi connectivity index (χ4n) is 4.71. The van der Waals surface area contributed by atoms with Crippen LogP contribution < -0.4 is 0 Å². The van der Waals surface area contributed by atoms with E-state index in [9.17, 15) is 4.79 Å². The summed E-state index contributed by atoms with van der Waals surface area (Å²) < 4.78 is 11.1. The van der Waals surface area contributed by atoms with Crippen LogP contribution >= 0.6 is 0 Å². The van der Waals surface area contributed by atoms with Crippen molar-refractivity contribution in [2.24, 2.45) is 0 Å². The molecule has 2 aromatic heterocycles. The zero-order valence-electron chi connectivity index (χ0n) is 19.7. The lowest BCUT2D eigenvalue weighted by Gasteiger charge is -2.20. The molecule has 5 rings (SSSR count). The number of fused-ring (bicyclic) bond motifs is 1. The minimum atomic E-state index is 0.0372. The van der Waals surface area contributed by atoms with E-state index in [-0.39, 0.29) is 11.7 Å². The van der Waals surface area contributed by atoms with Gasteiger partial charge >= 0.3 is 0 Å². The fraction of sp³-hybridized carbons (Fsp3) is 0.200. The highest BCUT2D eigenvalue weighted by atomic mass is 16.5. The third-order valence-electron chi connectivity index (χ3n) is 6.43. The predicted octanol–water partition coefficient (Wildman–Crippen LogP) is 7.35. The van der Waals surface area contributed by atoms with Gasteiger partial charge in [0.2, 0.25) is 0 Å². The Bertz CT molecular complexity index is 1460. The van der Waals surface area contributed by atoms with Crippen LogP contribution in [0.4, 0.5) is 0 Å². The first-order valence-electron chi connectivity index (χ1n) is 11.6. The third kappa shape index (κ3) is 4.44. The number of aromatic nitrogens is 1. The number of nitrogens with zero attached hydrogens (tertiary/aromatic N) is 1. The molecule has 1 unspecified atom stereocenters. The highest BCUT2D eigenvalue weighted by Crippen LogP contribution is 2.33. The van der Waals surface area contributed by atoms with Gasteiger partial charge < -0.3 is 8.94 Å². The SMILES string of the molecule is Cc1ccc(C(CC(=O)Cc2ccc3oc(-c4cnoc4C)cc3c2)c2ccccc2)c(C)c1. The molecule has 0 saturated heterocycles. The Morgan fingerprint density at radius 1 is 0.941 bits per heavy atom. The number of aryl methyl sites for hydroxylation is 3. The Labute approximate surface area is 199 Å². The van der Waals surface area contributed by atoms with Gasteiger partial charge in [0.1, 0.15) is 22.9 Å². The molecule has 170 valence electrons. The number of furan rings is 1. The second-order valence-electron chi connectivity index (χ2n) is 9.02. The largest absolute Gasteiger partial charge is 0.456 e. The first-order valence-corrected chi connectivity index (χ1v) is 11.6. The highest BCUT2D eigenvalue weighted by Gasteiger charge is 2.20. The quantitative estimate of drug-likeness (QED) is 0.261. The number of ketones is 1. The fourth-order valence-corrected chi connectivity index (χ4v) is 4.71. The van der Waals surface area contributed by atoms with Crippen LogP contribution in [0.25, 0.3) is 22.3 Å². The van der Waals surface area contributed by atoms with E-state index in [1.807, 2.05) is 49.4 Å². The van der Waals surface area contributed by atoms with Gasteiger partial charge in [-0.1, -0.05) is 65.3 Å². The molecule has 0 aliphatic carbocycles. The average molecular weight is 450 g/mol. The topological polar surface area (TPSA) is 56.2 Å². The van der Waals surface area contributed by atoms with E-state index < -0.39 is 0 Å². The summed E-state index contributed by atoms with van der Waals surface area (Å²) in [6.45, 7) is 6.09. The Balaban J connectivity index is 1.39. The number of hydrogen-bond acceptors (Lipinski definition) is 4. The molecule has 2 heterocycles. The van der Waals surface area contributed by atoms with Crippen LogP contribution in [0, 0.1) is 20.8 Å². The van der Waals surface area contributed by atoms with Crippen molar-refractivity contribution in [2.45, 2.75) is 39.5 Å². The molecule has 4 heteroatoms. The van der Waals surface area contributed by atoms with Crippen molar-refractivity contribution in [3.8, 4) is 11.3 Å². The van der Waals surface area contributed by atoms with E-state index in [0.717, 1.165) is 27.9 Å². The van der Waals surface area contributed by atoms with Crippen LogP contribution in [0.1, 0.15) is 45.9 Å². The maximum absolute atomic E-state index is 13.3. The molecule has 0 aliphatic heterocycles. The van der Waals surface area contributed by atoms with Crippen molar-refractivity contribution >= 4 is 16.8 Å². The molecule has 0 radical (unpaired) electrons. The summed E-state index contributed by atoms with van der Waals surface area (Å²) in [6, 6.07) is 24.7. The molecule has 0 aliphatic rings. The molecule has 0 bridgehead atoms. The summed E-state index contributed by atoms with van der Waals surface area (Å²) in [7, 11) is 0. The number of benzene rings is 3. The molecule has 5 aromatic rings. The molecule has 0 spiro atoms. The number of carbonyl (C=O) groups is 1. The van der Waals surface area contributed by atoms with Crippen molar-refractivity contribution in [3.63, 3.8) is 0 Å². The molecule has 1 atom stereocenters. The van der Waals surface area contributed by atoms with Gasteiger partial charge in [0.05, 0.1) is 11.8 Å². The van der Waals surface area contributed by atoms with Gasteiger partial charge in [-0.05, 0) is 61.2 Å². The maximum atomic E-state index is 13.3. The number of rotatable bonds is 7. The first kappa shape index (κ1) is 21.9. The van der Waals surface area contributed by atoms with Gasteiger partial charge in [0.15, 0.2) is 0 Å². The smallest absolute Gasteiger partial charge is 0.144 e. The lowest BCUT2D eigenvalue weighted by Crippen LogP contribution is -2.12. The van der Waals surface area contributed by atoms with Gasteiger partial charge in [-0.2, -0.15) is 0 Å². The van der Waals surface area contributed by atoms with E-state index in [1.165, 1.54) is 22.3 Å². The molecule has 0 amide bonds. The number of carbonyl (C=O) groups excluding carboxylic acids is 1. The highest BCUT2D eigenvalue weighted by molar-refractivity contribution is 5.87. The summed E-state index contributed by atoms with van der Waals surface area (Å²) in [6.07, 6.45) is 2.51. The summed E-state index contributed by atoms with van der Waals surface area (Å²) in [5.41, 5.74) is 7.44. The lowest BCUT2D eigenvalue weighted by atomic mass is 9.83. The monoisotopic (exact) mass is 449 g/mol. The Hall–Kier alpha value is -3.92. The van der Waals surface area contributed by atoms with E-state index in [0.29, 0.717) is 18.6 Å². The molecule has 0 saturated carbocycles.